The number of benzene rings is 1. The Morgan fingerprint density at radius 1 is 1.25 bits per heavy atom. The molecule has 0 spiro atoms. The van der Waals surface area contributed by atoms with Crippen LogP contribution in [0.5, 0.6) is 0 Å². The van der Waals surface area contributed by atoms with E-state index in [4.69, 9.17) is 0 Å². The lowest BCUT2D eigenvalue weighted by Gasteiger charge is -2.20. The number of rotatable bonds is 8. The van der Waals surface area contributed by atoms with Crippen molar-refractivity contribution in [3.63, 3.8) is 0 Å². The van der Waals surface area contributed by atoms with Gasteiger partial charge in [-0.15, -0.1) is 0 Å². The Morgan fingerprint density at radius 2 is 2.03 bits per heavy atom. The minimum absolute atomic E-state index is 0.0354. The van der Waals surface area contributed by atoms with Crippen molar-refractivity contribution in [1.82, 2.24) is 14.9 Å². The van der Waals surface area contributed by atoms with Gasteiger partial charge in [0.1, 0.15) is 18.9 Å². The molecule has 0 atom stereocenters. The van der Waals surface area contributed by atoms with Crippen LogP contribution in [0.4, 0.5) is 11.6 Å². The zero-order valence-electron chi connectivity index (χ0n) is 19.2. The summed E-state index contributed by atoms with van der Waals surface area (Å²) < 4.78 is 4.00. The molecule has 0 fully saturated rings. The van der Waals surface area contributed by atoms with Gasteiger partial charge in [-0.3, -0.25) is 0 Å². The number of hydrogen-bond donors (Lipinski definition) is 1. The highest BCUT2D eigenvalue weighted by Crippen LogP contribution is 2.39. The van der Waals surface area contributed by atoms with Gasteiger partial charge in [0.2, 0.25) is 5.69 Å². The lowest BCUT2D eigenvalue weighted by atomic mass is 9.81. The second-order valence-electron chi connectivity index (χ2n) is 8.92. The Kier molecular flexibility index (Phi) is 6.26. The number of hydrogen-bond acceptors (Lipinski definition) is 4. The average molecular weight is 435 g/mol. The van der Waals surface area contributed by atoms with Crippen LogP contribution in [0.25, 0.3) is 0 Å². The highest BCUT2D eigenvalue weighted by Gasteiger charge is 2.43. The number of para-hydroxylation sites is 1. The molecule has 1 aliphatic carbocycles. The number of allylic oxidation sites excluding steroid dienone is 4. The summed E-state index contributed by atoms with van der Waals surface area (Å²) in [4.78, 5) is 14.5. The molecule has 2 aromatic rings. The number of nitrogens with zero attached hydrogens (tertiary/aromatic N) is 4. The van der Waals surface area contributed by atoms with Gasteiger partial charge in [0.25, 0.3) is 0 Å². The molecule has 2 heterocycles. The summed E-state index contributed by atoms with van der Waals surface area (Å²) in [7, 11) is 0. The monoisotopic (exact) mass is 434 g/mol. The summed E-state index contributed by atoms with van der Waals surface area (Å²) in [6.07, 6.45) is 12.1. The smallest absolute Gasteiger partial charge is 0.390 e. The molecule has 0 saturated carbocycles. The highest BCUT2D eigenvalue weighted by molar-refractivity contribution is 6.03. The first-order chi connectivity index (χ1) is 15.4. The van der Waals surface area contributed by atoms with E-state index >= 15 is 0 Å². The normalized spacial score (nSPS) is 17.8. The van der Waals surface area contributed by atoms with Crippen LogP contribution in [-0.4, -0.2) is 37.9 Å². The fourth-order valence-corrected chi connectivity index (χ4v) is 4.95. The van der Waals surface area contributed by atoms with Crippen LogP contribution in [0.2, 0.25) is 0 Å². The van der Waals surface area contributed by atoms with Crippen LogP contribution in [0.3, 0.4) is 0 Å². The molecule has 0 bridgehead atoms. The van der Waals surface area contributed by atoms with E-state index in [1.165, 1.54) is 47.3 Å². The van der Waals surface area contributed by atoms with E-state index in [1.807, 2.05) is 0 Å². The number of aromatic nitrogens is 2. The van der Waals surface area contributed by atoms with Crippen molar-refractivity contribution in [1.29, 1.82) is 0 Å². The lowest BCUT2D eigenvalue weighted by Crippen LogP contribution is -2.27. The van der Waals surface area contributed by atoms with Crippen molar-refractivity contribution in [2.24, 2.45) is 0 Å². The van der Waals surface area contributed by atoms with E-state index in [-0.39, 0.29) is 11.4 Å². The average Bonchev–Trinajstić information content (AvgIpc) is 3.34. The van der Waals surface area contributed by atoms with Gasteiger partial charge in [-0.1, -0.05) is 29.3 Å². The van der Waals surface area contributed by atoms with E-state index in [2.05, 4.69) is 72.1 Å². The molecule has 0 saturated heterocycles. The zero-order chi connectivity index (χ0) is 22.7. The zero-order valence-corrected chi connectivity index (χ0v) is 19.2. The first-order valence-electron chi connectivity index (χ1n) is 11.5. The molecule has 1 aliphatic heterocycles. The minimum Gasteiger partial charge on any atom is -0.390 e. The Balaban J connectivity index is 1.53. The van der Waals surface area contributed by atoms with Crippen LogP contribution >= 0.6 is 0 Å². The number of nitro groups is 1. The molecule has 168 valence electrons. The Hall–Kier alpha value is -3.22. The lowest BCUT2D eigenvalue weighted by molar-refractivity contribution is -0.433. The largest absolute Gasteiger partial charge is 0.434 e. The van der Waals surface area contributed by atoms with E-state index in [0.29, 0.717) is 13.1 Å². The molecule has 32 heavy (non-hydrogen) atoms. The fourth-order valence-electron chi connectivity index (χ4n) is 4.95. The molecular weight excluding hydrogens is 402 g/mol. The molecule has 7 heteroatoms. The van der Waals surface area contributed by atoms with Crippen LogP contribution in [0.15, 0.2) is 60.1 Å². The predicted octanol–water partition coefficient (Wildman–Crippen LogP) is 4.86. The number of imidazole rings is 1. The molecule has 1 aromatic carbocycles. The number of nitrogens with one attached hydrogen (secondary N) is 1. The molecule has 4 rings (SSSR count). The summed E-state index contributed by atoms with van der Waals surface area (Å²) >= 11 is 0. The summed E-state index contributed by atoms with van der Waals surface area (Å²) in [6.45, 7) is 8.89. The Labute approximate surface area is 189 Å². The third-order valence-corrected chi connectivity index (χ3v) is 6.62. The van der Waals surface area contributed by atoms with Crippen molar-refractivity contribution in [3.8, 4) is 0 Å². The van der Waals surface area contributed by atoms with Gasteiger partial charge in [0, 0.05) is 29.9 Å². The van der Waals surface area contributed by atoms with Crippen molar-refractivity contribution >= 4 is 17.3 Å². The SMILES string of the molecule is CC[N+]1=C(/C=C/C2=C(NCCn3ccnc3[N+](=O)[O-])CCCC2)C(C)(C)c2ccccc21. The summed E-state index contributed by atoms with van der Waals surface area (Å²) in [6, 6.07) is 8.68. The van der Waals surface area contributed by atoms with Crippen molar-refractivity contribution in [2.75, 3.05) is 13.1 Å². The predicted molar refractivity (Wildman–Crippen MR) is 126 cm³/mol. The van der Waals surface area contributed by atoms with E-state index in [1.54, 1.807) is 10.8 Å². The molecule has 1 aromatic heterocycles. The third-order valence-electron chi connectivity index (χ3n) is 6.62. The van der Waals surface area contributed by atoms with Crippen LogP contribution in [0.1, 0.15) is 52.0 Å². The first-order valence-corrected chi connectivity index (χ1v) is 11.5. The van der Waals surface area contributed by atoms with Gasteiger partial charge >= 0.3 is 5.95 Å². The van der Waals surface area contributed by atoms with Gasteiger partial charge in [0.05, 0.1) is 12.0 Å². The molecule has 7 nitrogen and oxygen atoms in total. The molecule has 1 N–H and O–H groups in total. The minimum atomic E-state index is -0.438. The second kappa shape index (κ2) is 9.10. The Morgan fingerprint density at radius 3 is 2.81 bits per heavy atom. The topological polar surface area (TPSA) is 76.0 Å². The van der Waals surface area contributed by atoms with E-state index in [0.717, 1.165) is 19.4 Å². The maximum Gasteiger partial charge on any atom is 0.434 e. The van der Waals surface area contributed by atoms with Gasteiger partial charge in [-0.2, -0.15) is 4.58 Å². The first kappa shape index (κ1) is 22.0. The van der Waals surface area contributed by atoms with Crippen molar-refractivity contribution < 1.29 is 9.50 Å². The second-order valence-corrected chi connectivity index (χ2v) is 8.92. The summed E-state index contributed by atoms with van der Waals surface area (Å²) in [5.41, 5.74) is 6.57. The third kappa shape index (κ3) is 4.11. The van der Waals surface area contributed by atoms with Gasteiger partial charge in [0.15, 0.2) is 5.71 Å². The molecule has 0 radical (unpaired) electrons. The molecule has 2 aliphatic rings. The molecule has 0 amide bonds. The van der Waals surface area contributed by atoms with Crippen LogP contribution in [-0.2, 0) is 12.0 Å². The molecule has 0 unspecified atom stereocenters. The quantitative estimate of drug-likeness (QED) is 0.366. The van der Waals surface area contributed by atoms with E-state index in [9.17, 15) is 10.1 Å². The standard InChI is InChI=1S/C25H31N5O2/c1-4-29-22-12-8-6-10-20(22)25(2,3)23(29)14-13-19-9-5-7-11-21(19)26-15-17-28-18-16-27-24(28)30(31)32/h6,8,10,12-14,16,18H,4-5,7,9,11,15,17H2,1-3H3/p+1. The van der Waals surface area contributed by atoms with Gasteiger partial charge < -0.3 is 15.4 Å². The fraction of sp³-hybridized carbons (Fsp3) is 0.440. The van der Waals surface area contributed by atoms with Crippen molar-refractivity contribution in [3.05, 3.63) is 75.8 Å². The summed E-state index contributed by atoms with van der Waals surface area (Å²) in [5, 5.41) is 14.6. The van der Waals surface area contributed by atoms with Gasteiger partial charge in [-0.25, -0.2) is 4.57 Å². The summed E-state index contributed by atoms with van der Waals surface area (Å²) in [5.74, 6) is -0.108. The van der Waals surface area contributed by atoms with Crippen LogP contribution in [0, 0.1) is 10.1 Å². The maximum atomic E-state index is 11.1. The van der Waals surface area contributed by atoms with Crippen LogP contribution < -0.4 is 5.32 Å². The maximum absolute atomic E-state index is 11.1. The van der Waals surface area contributed by atoms with Gasteiger partial charge in [-0.05, 0) is 57.0 Å². The highest BCUT2D eigenvalue weighted by atomic mass is 16.6. The van der Waals surface area contributed by atoms with E-state index < -0.39 is 4.92 Å². The molecular formula is C25H32N5O2+. The number of fused-ring (bicyclic) bond motifs is 1. The van der Waals surface area contributed by atoms with Crippen molar-refractivity contribution in [2.45, 2.75) is 58.4 Å². The Bertz CT molecular complexity index is 1110.